The van der Waals surface area contributed by atoms with Gasteiger partial charge in [0.2, 0.25) is 15.9 Å². The van der Waals surface area contributed by atoms with Crippen molar-refractivity contribution in [1.29, 1.82) is 0 Å². The van der Waals surface area contributed by atoms with Gasteiger partial charge in [-0.05, 0) is 43.2 Å². The number of carbonyl (C=O) groups is 1. The number of benzene rings is 1. The minimum absolute atomic E-state index is 0.129. The van der Waals surface area contributed by atoms with E-state index in [0.29, 0.717) is 44.0 Å². The highest BCUT2D eigenvalue weighted by molar-refractivity contribution is 7.89. The number of aromatic nitrogens is 2. The SMILES string of the molecule is O=C(c1ccc(S(=O)(=O)N2CCCC2)cc1)N1CCC(Oc2cccnn2)C1. The van der Waals surface area contributed by atoms with Gasteiger partial charge in [-0.1, -0.05) is 0 Å². The van der Waals surface area contributed by atoms with Crippen molar-refractivity contribution in [2.24, 2.45) is 0 Å². The van der Waals surface area contributed by atoms with E-state index in [9.17, 15) is 13.2 Å². The van der Waals surface area contributed by atoms with Gasteiger partial charge in [-0.2, -0.15) is 9.40 Å². The van der Waals surface area contributed by atoms with Crippen molar-refractivity contribution < 1.29 is 17.9 Å². The first-order chi connectivity index (χ1) is 13.5. The fraction of sp³-hybridized carbons (Fsp3) is 0.421. The summed E-state index contributed by atoms with van der Waals surface area (Å²) < 4.78 is 32.4. The number of hydrogen-bond acceptors (Lipinski definition) is 6. The standard InChI is InChI=1S/C19H22N4O4S/c24-19(22-13-9-16(14-22)27-18-4-3-10-20-21-18)15-5-7-17(8-6-15)28(25,26)23-11-1-2-12-23/h3-8,10,16H,1-2,9,11-14H2. The summed E-state index contributed by atoms with van der Waals surface area (Å²) in [4.78, 5) is 14.7. The zero-order valence-electron chi connectivity index (χ0n) is 15.4. The normalized spacial score (nSPS) is 20.4. The van der Waals surface area contributed by atoms with Gasteiger partial charge in [0.25, 0.3) is 5.91 Å². The molecule has 4 rings (SSSR count). The number of rotatable bonds is 5. The number of likely N-dealkylation sites (tertiary alicyclic amines) is 1. The molecule has 8 nitrogen and oxygen atoms in total. The van der Waals surface area contributed by atoms with Gasteiger partial charge in [-0.15, -0.1) is 5.10 Å². The number of carbonyl (C=O) groups excluding carboxylic acids is 1. The predicted octanol–water partition coefficient (Wildman–Crippen LogP) is 1.55. The molecular formula is C19H22N4O4S. The molecule has 2 saturated heterocycles. The molecule has 0 bridgehead atoms. The lowest BCUT2D eigenvalue weighted by Gasteiger charge is -2.18. The molecule has 1 aromatic carbocycles. The van der Waals surface area contributed by atoms with Crippen molar-refractivity contribution in [3.63, 3.8) is 0 Å². The molecular weight excluding hydrogens is 380 g/mol. The van der Waals surface area contributed by atoms with Crippen molar-refractivity contribution in [1.82, 2.24) is 19.4 Å². The Bertz CT molecular complexity index is 928. The first-order valence-electron chi connectivity index (χ1n) is 9.38. The molecule has 2 aliphatic rings. The van der Waals surface area contributed by atoms with Gasteiger partial charge < -0.3 is 9.64 Å². The molecule has 1 amide bonds. The minimum atomic E-state index is -3.47. The van der Waals surface area contributed by atoms with Crippen molar-refractivity contribution in [3.05, 3.63) is 48.2 Å². The molecule has 2 fully saturated rings. The van der Waals surface area contributed by atoms with Crippen LogP contribution in [0.1, 0.15) is 29.6 Å². The van der Waals surface area contributed by atoms with Gasteiger partial charge in [0.15, 0.2) is 0 Å². The van der Waals surface area contributed by atoms with E-state index in [1.165, 1.54) is 16.4 Å². The highest BCUT2D eigenvalue weighted by Crippen LogP contribution is 2.22. The van der Waals surface area contributed by atoms with E-state index in [0.717, 1.165) is 12.8 Å². The van der Waals surface area contributed by atoms with Crippen LogP contribution in [0.3, 0.4) is 0 Å². The van der Waals surface area contributed by atoms with Crippen LogP contribution in [0.5, 0.6) is 5.88 Å². The summed E-state index contributed by atoms with van der Waals surface area (Å²) in [6.45, 7) is 2.16. The van der Waals surface area contributed by atoms with Crippen LogP contribution in [0.4, 0.5) is 0 Å². The maximum Gasteiger partial charge on any atom is 0.253 e. The Morgan fingerprint density at radius 2 is 1.82 bits per heavy atom. The summed E-state index contributed by atoms with van der Waals surface area (Å²) in [5, 5.41) is 7.68. The van der Waals surface area contributed by atoms with Gasteiger partial charge in [-0.3, -0.25) is 4.79 Å². The fourth-order valence-corrected chi connectivity index (χ4v) is 5.08. The van der Waals surface area contributed by atoms with E-state index in [1.54, 1.807) is 35.4 Å². The largest absolute Gasteiger partial charge is 0.471 e. The molecule has 0 aliphatic carbocycles. The lowest BCUT2D eigenvalue weighted by atomic mass is 10.2. The van der Waals surface area contributed by atoms with Crippen LogP contribution in [-0.4, -0.2) is 66.0 Å². The van der Waals surface area contributed by atoms with Crippen molar-refractivity contribution in [2.45, 2.75) is 30.3 Å². The third kappa shape index (κ3) is 3.85. The lowest BCUT2D eigenvalue weighted by molar-refractivity contribution is 0.0771. The van der Waals surface area contributed by atoms with Crippen LogP contribution in [0.2, 0.25) is 0 Å². The molecule has 0 radical (unpaired) electrons. The average molecular weight is 402 g/mol. The van der Waals surface area contributed by atoms with Gasteiger partial charge in [0.05, 0.1) is 11.4 Å². The molecule has 1 unspecified atom stereocenters. The number of ether oxygens (including phenoxy) is 1. The lowest BCUT2D eigenvalue weighted by Crippen LogP contribution is -2.31. The van der Waals surface area contributed by atoms with Gasteiger partial charge in [0.1, 0.15) is 6.10 Å². The maximum atomic E-state index is 12.7. The van der Waals surface area contributed by atoms with Crippen LogP contribution < -0.4 is 4.74 Å². The number of amides is 1. The Balaban J connectivity index is 1.40. The van der Waals surface area contributed by atoms with Crippen LogP contribution in [-0.2, 0) is 10.0 Å². The molecule has 2 aromatic rings. The fourth-order valence-electron chi connectivity index (χ4n) is 3.56. The summed E-state index contributed by atoms with van der Waals surface area (Å²) in [5.41, 5.74) is 0.473. The number of hydrogen-bond donors (Lipinski definition) is 0. The Labute approximate surface area is 164 Å². The molecule has 148 valence electrons. The van der Waals surface area contributed by atoms with Crippen molar-refractivity contribution in [2.75, 3.05) is 26.2 Å². The summed E-state index contributed by atoms with van der Waals surface area (Å²) in [7, 11) is -3.47. The minimum Gasteiger partial charge on any atom is -0.471 e. The second kappa shape index (κ2) is 7.84. The van der Waals surface area contributed by atoms with E-state index < -0.39 is 10.0 Å². The topological polar surface area (TPSA) is 92.7 Å². The molecule has 9 heteroatoms. The van der Waals surface area contributed by atoms with E-state index in [2.05, 4.69) is 10.2 Å². The van der Waals surface area contributed by atoms with E-state index in [-0.39, 0.29) is 16.9 Å². The molecule has 0 spiro atoms. The molecule has 1 atom stereocenters. The van der Waals surface area contributed by atoms with Crippen LogP contribution in [0, 0.1) is 0 Å². The Morgan fingerprint density at radius 1 is 1.07 bits per heavy atom. The van der Waals surface area contributed by atoms with Gasteiger partial charge in [-0.25, -0.2) is 8.42 Å². The zero-order valence-corrected chi connectivity index (χ0v) is 16.2. The molecule has 0 saturated carbocycles. The summed E-state index contributed by atoms with van der Waals surface area (Å²) >= 11 is 0. The second-order valence-electron chi connectivity index (χ2n) is 6.98. The van der Waals surface area contributed by atoms with Gasteiger partial charge in [0, 0.05) is 43.9 Å². The van der Waals surface area contributed by atoms with Gasteiger partial charge >= 0.3 is 0 Å². The van der Waals surface area contributed by atoms with Crippen LogP contribution >= 0.6 is 0 Å². The first kappa shape index (κ1) is 18.8. The average Bonchev–Trinajstić information content (AvgIpc) is 3.41. The summed E-state index contributed by atoms with van der Waals surface area (Å²) in [6.07, 6.45) is 3.94. The van der Waals surface area contributed by atoms with Crippen molar-refractivity contribution in [3.8, 4) is 5.88 Å². The zero-order chi connectivity index (χ0) is 19.6. The smallest absolute Gasteiger partial charge is 0.253 e. The summed E-state index contributed by atoms with van der Waals surface area (Å²) in [6, 6.07) is 9.69. The Kier molecular flexibility index (Phi) is 5.27. The monoisotopic (exact) mass is 402 g/mol. The molecule has 1 aromatic heterocycles. The number of sulfonamides is 1. The highest BCUT2D eigenvalue weighted by atomic mass is 32.2. The molecule has 28 heavy (non-hydrogen) atoms. The summed E-state index contributed by atoms with van der Waals surface area (Å²) in [5.74, 6) is 0.314. The van der Waals surface area contributed by atoms with E-state index in [4.69, 9.17) is 4.74 Å². The Morgan fingerprint density at radius 3 is 2.50 bits per heavy atom. The highest BCUT2D eigenvalue weighted by Gasteiger charge is 2.30. The third-order valence-electron chi connectivity index (χ3n) is 5.07. The Hall–Kier alpha value is -2.52. The third-order valence-corrected chi connectivity index (χ3v) is 6.98. The molecule has 0 N–H and O–H groups in total. The predicted molar refractivity (Wildman–Crippen MR) is 101 cm³/mol. The number of nitrogens with zero attached hydrogens (tertiary/aromatic N) is 4. The molecule has 2 aliphatic heterocycles. The second-order valence-corrected chi connectivity index (χ2v) is 8.92. The maximum absolute atomic E-state index is 12.7. The van der Waals surface area contributed by atoms with Crippen LogP contribution in [0.15, 0.2) is 47.5 Å². The first-order valence-corrected chi connectivity index (χ1v) is 10.8. The van der Waals surface area contributed by atoms with Crippen molar-refractivity contribution >= 4 is 15.9 Å². The van der Waals surface area contributed by atoms with E-state index >= 15 is 0 Å². The van der Waals surface area contributed by atoms with Crippen LogP contribution in [0.25, 0.3) is 0 Å². The van der Waals surface area contributed by atoms with E-state index in [1.807, 2.05) is 0 Å². The molecule has 3 heterocycles. The quantitative estimate of drug-likeness (QED) is 0.754.